The minimum atomic E-state index is -0.184. The molecule has 6 heteroatoms. The molecule has 2 aliphatic heterocycles. The van der Waals surface area contributed by atoms with Crippen LogP contribution in [0.2, 0.25) is 0 Å². The molecule has 0 aliphatic carbocycles. The molecule has 1 saturated heterocycles. The Balaban J connectivity index is 2.12. The third-order valence-electron chi connectivity index (χ3n) is 3.47. The Morgan fingerprint density at radius 3 is 3.22 bits per heavy atom. The molecule has 2 aliphatic rings. The Bertz CT molecular complexity index is 550. The highest BCUT2D eigenvalue weighted by Crippen LogP contribution is 2.34. The lowest BCUT2D eigenvalue weighted by Crippen LogP contribution is -2.61. The fourth-order valence-corrected chi connectivity index (χ4v) is 2.50. The van der Waals surface area contributed by atoms with Gasteiger partial charge in [-0.15, -0.1) is 0 Å². The van der Waals surface area contributed by atoms with Crippen LogP contribution in [0.15, 0.2) is 12.3 Å². The lowest BCUT2D eigenvalue weighted by atomic mass is 10.1. The van der Waals surface area contributed by atoms with Crippen molar-refractivity contribution in [3.05, 3.63) is 17.8 Å². The zero-order chi connectivity index (χ0) is 12.7. The van der Waals surface area contributed by atoms with E-state index in [-0.39, 0.29) is 11.9 Å². The number of fused-ring (bicyclic) bond motifs is 3. The number of hydrogen-bond acceptors (Lipinski definition) is 5. The van der Waals surface area contributed by atoms with E-state index in [9.17, 15) is 4.79 Å². The summed E-state index contributed by atoms with van der Waals surface area (Å²) < 4.78 is 0. The van der Waals surface area contributed by atoms with Crippen molar-refractivity contribution in [2.75, 3.05) is 36.5 Å². The van der Waals surface area contributed by atoms with E-state index < -0.39 is 0 Å². The van der Waals surface area contributed by atoms with Crippen molar-refractivity contribution in [2.45, 2.75) is 6.04 Å². The van der Waals surface area contributed by atoms with Gasteiger partial charge >= 0.3 is 0 Å². The van der Waals surface area contributed by atoms with Crippen LogP contribution in [0.25, 0.3) is 0 Å². The summed E-state index contributed by atoms with van der Waals surface area (Å²) in [6.45, 7) is 2.25. The Labute approximate surface area is 105 Å². The van der Waals surface area contributed by atoms with Gasteiger partial charge in [0.2, 0.25) is 0 Å². The topological polar surface area (TPSA) is 72.3 Å². The number of hydrogen-bond donors (Lipinski definition) is 1. The molecule has 0 bridgehead atoms. The summed E-state index contributed by atoms with van der Waals surface area (Å²) in [4.78, 5) is 20.2. The molecule has 0 saturated carbocycles. The molecule has 1 aromatic heterocycles. The summed E-state index contributed by atoms with van der Waals surface area (Å²) in [6.07, 6.45) is 1.56. The molecule has 0 aromatic carbocycles. The van der Waals surface area contributed by atoms with E-state index in [0.29, 0.717) is 12.1 Å². The Morgan fingerprint density at radius 2 is 2.44 bits per heavy atom. The molecule has 18 heavy (non-hydrogen) atoms. The monoisotopic (exact) mass is 243 g/mol. The van der Waals surface area contributed by atoms with E-state index in [1.54, 1.807) is 24.2 Å². The molecule has 6 nitrogen and oxygen atoms in total. The molecule has 0 unspecified atom stereocenters. The van der Waals surface area contributed by atoms with Gasteiger partial charge in [0.05, 0.1) is 11.3 Å². The maximum atomic E-state index is 12.3. The van der Waals surface area contributed by atoms with E-state index >= 15 is 0 Å². The van der Waals surface area contributed by atoms with Crippen LogP contribution >= 0.6 is 0 Å². The van der Waals surface area contributed by atoms with Crippen molar-refractivity contribution < 1.29 is 4.79 Å². The number of likely N-dealkylation sites (N-methyl/N-ethyl adjacent to an activating group) is 1. The van der Waals surface area contributed by atoms with E-state index in [0.717, 1.165) is 24.6 Å². The van der Waals surface area contributed by atoms with Crippen molar-refractivity contribution in [1.29, 1.82) is 5.26 Å². The van der Waals surface area contributed by atoms with Gasteiger partial charge in [0.15, 0.2) is 5.82 Å². The van der Waals surface area contributed by atoms with Crippen molar-refractivity contribution in [3.8, 4) is 6.07 Å². The first-order valence-electron chi connectivity index (χ1n) is 5.87. The fourth-order valence-electron chi connectivity index (χ4n) is 2.50. The standard InChI is InChI=1S/C12H13N5O/c1-16-9-4-8(5-13)6-15-11(9)17-3-2-14-7-10(17)12(16)18/h4,6,10,14H,2-3,7H2,1H3/t10-/m0/s1. The van der Waals surface area contributed by atoms with Crippen LogP contribution in [0.3, 0.4) is 0 Å². The number of anilines is 2. The number of rotatable bonds is 0. The molecule has 1 atom stereocenters. The SMILES string of the molecule is CN1C(=O)[C@@H]2CNCCN2c2ncc(C#N)cc21. The van der Waals surface area contributed by atoms with Gasteiger partial charge in [-0.2, -0.15) is 5.26 Å². The molecule has 1 amide bonds. The lowest BCUT2D eigenvalue weighted by Gasteiger charge is -2.43. The van der Waals surface area contributed by atoms with Crippen LogP contribution < -0.4 is 15.1 Å². The molecular weight excluding hydrogens is 230 g/mol. The third-order valence-corrected chi connectivity index (χ3v) is 3.47. The largest absolute Gasteiger partial charge is 0.340 e. The number of aromatic nitrogens is 1. The zero-order valence-corrected chi connectivity index (χ0v) is 10.1. The first-order valence-corrected chi connectivity index (χ1v) is 5.87. The first-order chi connectivity index (χ1) is 8.72. The molecule has 3 heterocycles. The van der Waals surface area contributed by atoms with Gasteiger partial charge in [-0.05, 0) is 6.07 Å². The number of nitrogens with zero attached hydrogens (tertiary/aromatic N) is 4. The van der Waals surface area contributed by atoms with Crippen molar-refractivity contribution in [3.63, 3.8) is 0 Å². The fraction of sp³-hybridized carbons (Fsp3) is 0.417. The maximum absolute atomic E-state index is 12.3. The van der Waals surface area contributed by atoms with E-state index in [4.69, 9.17) is 5.26 Å². The second kappa shape index (κ2) is 3.96. The quantitative estimate of drug-likeness (QED) is 0.677. The van der Waals surface area contributed by atoms with Gasteiger partial charge in [0.1, 0.15) is 12.1 Å². The molecule has 92 valence electrons. The van der Waals surface area contributed by atoms with Gasteiger partial charge in [0.25, 0.3) is 5.91 Å². The summed E-state index contributed by atoms with van der Waals surface area (Å²) in [5.74, 6) is 0.842. The third kappa shape index (κ3) is 1.45. The van der Waals surface area contributed by atoms with Crippen LogP contribution in [0.5, 0.6) is 0 Å². The van der Waals surface area contributed by atoms with Crippen LogP contribution in [0.1, 0.15) is 5.56 Å². The Hall–Kier alpha value is -2.13. The van der Waals surface area contributed by atoms with Crippen LogP contribution in [0, 0.1) is 11.3 Å². The minimum Gasteiger partial charge on any atom is -0.340 e. The predicted octanol–water partition coefficient (Wildman–Crippen LogP) is -0.292. The number of carbonyl (C=O) groups excluding carboxylic acids is 1. The number of piperazine rings is 1. The van der Waals surface area contributed by atoms with Crippen molar-refractivity contribution in [2.24, 2.45) is 0 Å². The summed E-state index contributed by atoms with van der Waals surface area (Å²) in [5.41, 5.74) is 1.19. The van der Waals surface area contributed by atoms with Crippen molar-refractivity contribution >= 4 is 17.4 Å². The van der Waals surface area contributed by atoms with Crippen LogP contribution in [-0.4, -0.2) is 43.6 Å². The summed E-state index contributed by atoms with van der Waals surface area (Å²) in [6, 6.07) is 3.59. The van der Waals surface area contributed by atoms with E-state index in [2.05, 4.69) is 16.4 Å². The second-order valence-corrected chi connectivity index (χ2v) is 4.49. The predicted molar refractivity (Wildman–Crippen MR) is 66.4 cm³/mol. The molecule has 1 N–H and O–H groups in total. The average Bonchev–Trinajstić information content (AvgIpc) is 2.44. The summed E-state index contributed by atoms with van der Waals surface area (Å²) in [5, 5.41) is 12.1. The van der Waals surface area contributed by atoms with Gasteiger partial charge in [-0.1, -0.05) is 0 Å². The number of amides is 1. The second-order valence-electron chi connectivity index (χ2n) is 4.49. The van der Waals surface area contributed by atoms with Gasteiger partial charge in [0, 0.05) is 32.9 Å². The highest BCUT2D eigenvalue weighted by atomic mass is 16.2. The first kappa shape index (κ1) is 11.0. The van der Waals surface area contributed by atoms with Gasteiger partial charge in [-0.3, -0.25) is 4.79 Å². The smallest absolute Gasteiger partial charge is 0.250 e. The molecule has 1 fully saturated rings. The zero-order valence-electron chi connectivity index (χ0n) is 10.1. The molecule has 0 spiro atoms. The Morgan fingerprint density at radius 1 is 1.61 bits per heavy atom. The van der Waals surface area contributed by atoms with Crippen LogP contribution in [-0.2, 0) is 4.79 Å². The number of carbonyl (C=O) groups is 1. The molecule has 0 radical (unpaired) electrons. The van der Waals surface area contributed by atoms with Gasteiger partial charge in [-0.25, -0.2) is 4.98 Å². The molecule has 3 rings (SSSR count). The van der Waals surface area contributed by atoms with E-state index in [1.165, 1.54) is 0 Å². The number of nitriles is 1. The minimum absolute atomic E-state index is 0.0478. The van der Waals surface area contributed by atoms with Crippen LogP contribution in [0.4, 0.5) is 11.5 Å². The summed E-state index contributed by atoms with van der Waals surface area (Å²) >= 11 is 0. The number of nitrogens with one attached hydrogen (secondary N) is 1. The Kier molecular flexibility index (Phi) is 2.42. The lowest BCUT2D eigenvalue weighted by molar-refractivity contribution is -0.120. The van der Waals surface area contributed by atoms with Crippen molar-refractivity contribution in [1.82, 2.24) is 10.3 Å². The number of pyridine rings is 1. The summed E-state index contributed by atoms with van der Waals surface area (Å²) in [7, 11) is 1.73. The molecule has 1 aromatic rings. The highest BCUT2D eigenvalue weighted by Gasteiger charge is 2.38. The van der Waals surface area contributed by atoms with E-state index in [1.807, 2.05) is 4.90 Å². The average molecular weight is 243 g/mol. The highest BCUT2D eigenvalue weighted by molar-refractivity contribution is 6.04. The molecular formula is C12H13N5O. The maximum Gasteiger partial charge on any atom is 0.250 e. The normalized spacial score (nSPS) is 22.2. The van der Waals surface area contributed by atoms with Gasteiger partial charge < -0.3 is 15.1 Å².